The number of ether oxygens (including phenoxy) is 1. The Morgan fingerprint density at radius 1 is 0.528 bits per heavy atom. The van der Waals surface area contributed by atoms with Crippen molar-refractivity contribution in [1.29, 1.82) is 0 Å². The first kappa shape index (κ1) is 47.2. The molecule has 4 amide bonds. The molecule has 0 saturated carbocycles. The Kier molecular flexibility index (Phi) is 30.7. The minimum absolute atomic E-state index is 0. The Hall–Kier alpha value is -1.99. The zero-order valence-corrected chi connectivity index (χ0v) is 24.4. The summed E-state index contributed by atoms with van der Waals surface area (Å²) < 4.78 is 4.62. The predicted molar refractivity (Wildman–Crippen MR) is 159 cm³/mol. The first-order chi connectivity index (χ1) is 14.8. The number of carbonyl (C=O) groups excluding carboxylic acids is 3. The van der Waals surface area contributed by atoms with E-state index in [1.165, 1.54) is 7.11 Å². The molecule has 8 nitrogen and oxygen atoms in total. The van der Waals surface area contributed by atoms with Crippen LogP contribution in [0.5, 0.6) is 0 Å². The number of urea groups is 1. The van der Waals surface area contributed by atoms with E-state index in [1.807, 2.05) is 92.9 Å². The van der Waals surface area contributed by atoms with Crippen molar-refractivity contribution in [3.05, 3.63) is 0 Å². The lowest BCUT2D eigenvalue weighted by Gasteiger charge is -2.33. The van der Waals surface area contributed by atoms with E-state index in [4.69, 9.17) is 0 Å². The number of methoxy groups -OCH3 is 1. The Balaban J connectivity index is -0.0000000903. The molecule has 0 atom stereocenters. The van der Waals surface area contributed by atoms with Gasteiger partial charge in [-0.15, -0.1) is 0 Å². The van der Waals surface area contributed by atoms with E-state index >= 15 is 0 Å². The maximum atomic E-state index is 11.6. The van der Waals surface area contributed by atoms with E-state index in [2.05, 4.69) is 4.74 Å². The van der Waals surface area contributed by atoms with Crippen LogP contribution in [0.4, 0.5) is 9.59 Å². The lowest BCUT2D eigenvalue weighted by molar-refractivity contribution is -0.132. The van der Waals surface area contributed by atoms with Crippen LogP contribution < -0.4 is 0 Å². The van der Waals surface area contributed by atoms with E-state index in [9.17, 15) is 14.4 Å². The quantitative estimate of drug-likeness (QED) is 0.369. The van der Waals surface area contributed by atoms with Gasteiger partial charge >= 0.3 is 12.1 Å². The van der Waals surface area contributed by atoms with Gasteiger partial charge in [0.1, 0.15) is 0 Å². The number of amides is 4. The summed E-state index contributed by atoms with van der Waals surface area (Å²) in [7, 11) is 4.96. The summed E-state index contributed by atoms with van der Waals surface area (Å²) >= 11 is 0. The normalized spacial score (nSPS) is 9.72. The fourth-order valence-electron chi connectivity index (χ4n) is 3.72. The van der Waals surface area contributed by atoms with Gasteiger partial charge in [-0.25, -0.2) is 9.59 Å². The van der Waals surface area contributed by atoms with Gasteiger partial charge < -0.3 is 24.3 Å². The highest BCUT2D eigenvalue weighted by atomic mass is 16.5. The van der Waals surface area contributed by atoms with Crippen LogP contribution in [0.3, 0.4) is 0 Å². The van der Waals surface area contributed by atoms with Gasteiger partial charge in [0.25, 0.3) is 0 Å². The minimum Gasteiger partial charge on any atom is -0.453 e. The van der Waals surface area contributed by atoms with Crippen LogP contribution in [-0.4, -0.2) is 95.1 Å². The summed E-state index contributed by atoms with van der Waals surface area (Å²) in [6.45, 7) is 25.7. The van der Waals surface area contributed by atoms with Gasteiger partial charge in [-0.05, 0) is 83.1 Å². The van der Waals surface area contributed by atoms with Crippen molar-refractivity contribution in [3.8, 4) is 0 Å². The first-order valence-electron chi connectivity index (χ1n) is 12.0. The van der Waals surface area contributed by atoms with Crippen LogP contribution in [-0.2, 0) is 9.53 Å². The summed E-state index contributed by atoms with van der Waals surface area (Å²) in [4.78, 5) is 40.7. The molecular weight excluding hydrogens is 456 g/mol. The molecule has 0 aliphatic heterocycles. The molecule has 0 N–H and O–H groups in total. The van der Waals surface area contributed by atoms with Crippen molar-refractivity contribution in [2.75, 3.05) is 21.2 Å². The zero-order chi connectivity index (χ0) is 27.2. The van der Waals surface area contributed by atoms with Gasteiger partial charge in [0.05, 0.1) is 7.11 Å². The van der Waals surface area contributed by atoms with Crippen LogP contribution in [0.1, 0.15) is 112 Å². The molecule has 0 saturated heterocycles. The standard InChI is InChI=1S/C9H20N2O.C8H17NO2.C8H17NO.3CH4/c1-7(2)11(8(3)4)9(12)10(5)6;1-6(2)9(7(3)4)8(10)11-5;1-6(2)9(7(3)4)8(5)10;;;/h7-8H,1-6H3;6-7H,1-5H3;6-7H,1-5H3;3*1H4. The van der Waals surface area contributed by atoms with Crippen molar-refractivity contribution >= 4 is 18.0 Å². The first-order valence-corrected chi connectivity index (χ1v) is 12.0. The van der Waals surface area contributed by atoms with Crippen molar-refractivity contribution < 1.29 is 19.1 Å². The van der Waals surface area contributed by atoms with Crippen molar-refractivity contribution in [1.82, 2.24) is 19.6 Å². The molecule has 0 aromatic heterocycles. The third kappa shape index (κ3) is 19.2. The fraction of sp³-hybridized carbons (Fsp3) is 0.893. The molecule has 0 aromatic rings. The average molecular weight is 523 g/mol. The van der Waals surface area contributed by atoms with Gasteiger partial charge in [-0.2, -0.15) is 0 Å². The number of carbonyl (C=O) groups is 3. The molecule has 0 rings (SSSR count). The predicted octanol–water partition coefficient (Wildman–Crippen LogP) is 7.22. The van der Waals surface area contributed by atoms with Gasteiger partial charge in [0, 0.05) is 57.3 Å². The summed E-state index contributed by atoms with van der Waals surface area (Å²) in [6.07, 6.45) is -0.255. The van der Waals surface area contributed by atoms with Gasteiger partial charge in [-0.1, -0.05) is 22.3 Å². The number of rotatable bonds is 6. The lowest BCUT2D eigenvalue weighted by atomic mass is 10.2. The Morgan fingerprint density at radius 2 is 0.778 bits per heavy atom. The highest BCUT2D eigenvalue weighted by molar-refractivity contribution is 5.74. The molecule has 0 aromatic carbocycles. The topological polar surface area (TPSA) is 73.4 Å². The van der Waals surface area contributed by atoms with Crippen LogP contribution in [0, 0.1) is 0 Å². The largest absolute Gasteiger partial charge is 0.453 e. The molecule has 0 spiro atoms. The third-order valence-corrected chi connectivity index (χ3v) is 4.69. The summed E-state index contributed by atoms with van der Waals surface area (Å²) in [5, 5.41) is 0. The van der Waals surface area contributed by atoms with Crippen molar-refractivity contribution in [2.24, 2.45) is 0 Å². The van der Waals surface area contributed by atoms with Crippen LogP contribution in [0.25, 0.3) is 0 Å². The van der Waals surface area contributed by atoms with Crippen LogP contribution >= 0.6 is 0 Å². The molecular formula is C28H66N4O4. The fourth-order valence-corrected chi connectivity index (χ4v) is 3.72. The van der Waals surface area contributed by atoms with E-state index < -0.39 is 0 Å². The lowest BCUT2D eigenvalue weighted by Crippen LogP contribution is -2.47. The van der Waals surface area contributed by atoms with Crippen molar-refractivity contribution in [3.63, 3.8) is 0 Å². The summed E-state index contributed by atoms with van der Waals surface area (Å²) in [5.74, 6) is 0.157. The molecule has 36 heavy (non-hydrogen) atoms. The molecule has 0 radical (unpaired) electrons. The maximum Gasteiger partial charge on any atom is 0.409 e. The van der Waals surface area contributed by atoms with Crippen LogP contribution in [0.15, 0.2) is 0 Å². The molecule has 0 aliphatic rings. The van der Waals surface area contributed by atoms with E-state index in [-0.39, 0.29) is 64.5 Å². The monoisotopic (exact) mass is 523 g/mol. The highest BCUT2D eigenvalue weighted by Crippen LogP contribution is 2.08. The van der Waals surface area contributed by atoms with Crippen molar-refractivity contribution in [2.45, 2.75) is 149 Å². The average Bonchev–Trinajstić information content (AvgIpc) is 2.60. The Labute approximate surface area is 226 Å². The molecule has 0 heterocycles. The number of hydrogen-bond acceptors (Lipinski definition) is 4. The maximum absolute atomic E-state index is 11.6. The highest BCUT2D eigenvalue weighted by Gasteiger charge is 2.21. The minimum atomic E-state index is -0.255. The molecule has 0 unspecified atom stereocenters. The second-order valence-corrected chi connectivity index (χ2v) is 9.95. The second kappa shape index (κ2) is 23.4. The Morgan fingerprint density at radius 3 is 0.833 bits per heavy atom. The van der Waals surface area contributed by atoms with E-state index in [0.29, 0.717) is 12.1 Å². The van der Waals surface area contributed by atoms with Gasteiger partial charge in [-0.3, -0.25) is 4.79 Å². The number of hydrogen-bond donors (Lipinski definition) is 0. The van der Waals surface area contributed by atoms with E-state index in [0.717, 1.165) is 0 Å². The second-order valence-electron chi connectivity index (χ2n) is 9.95. The van der Waals surface area contributed by atoms with Crippen LogP contribution in [0.2, 0.25) is 0 Å². The summed E-state index contributed by atoms with van der Waals surface area (Å²) in [5.41, 5.74) is 0. The molecule has 8 heteroatoms. The number of nitrogens with zero attached hydrogens (tertiary/aromatic N) is 4. The summed E-state index contributed by atoms with van der Waals surface area (Å²) in [6, 6.07) is 1.64. The zero-order valence-electron chi connectivity index (χ0n) is 24.4. The molecule has 0 fully saturated rings. The third-order valence-electron chi connectivity index (χ3n) is 4.69. The Bertz CT molecular complexity index is 536. The van der Waals surface area contributed by atoms with Gasteiger partial charge in [0.15, 0.2) is 0 Å². The smallest absolute Gasteiger partial charge is 0.409 e. The van der Waals surface area contributed by atoms with Gasteiger partial charge in [0.2, 0.25) is 5.91 Å². The SMILES string of the molecule is C.C.C.CC(=O)N(C(C)C)C(C)C.CC(C)N(C(=O)N(C)C)C(C)C.COC(=O)N(C(C)C)C(C)C. The molecule has 0 bridgehead atoms. The van der Waals surface area contributed by atoms with E-state index in [1.54, 1.807) is 30.8 Å². The molecule has 222 valence electrons. The molecule has 0 aliphatic carbocycles.